The summed E-state index contributed by atoms with van der Waals surface area (Å²) in [4.78, 5) is 57.7. The van der Waals surface area contributed by atoms with Crippen molar-refractivity contribution < 1.29 is 28.7 Å². The van der Waals surface area contributed by atoms with Gasteiger partial charge in [0.2, 0.25) is 11.8 Å². The number of likely N-dealkylation sites (tertiary alicyclic amines) is 1. The van der Waals surface area contributed by atoms with Gasteiger partial charge < -0.3 is 24.6 Å². The molecule has 3 aromatic rings. The molecule has 0 bridgehead atoms. The molecular formula is C38H45N3O6. The zero-order valence-corrected chi connectivity index (χ0v) is 28.0. The Labute approximate surface area is 277 Å². The second-order valence-corrected chi connectivity index (χ2v) is 13.5. The summed E-state index contributed by atoms with van der Waals surface area (Å²) in [6.07, 6.45) is 2.17. The molecule has 1 heterocycles. The van der Waals surface area contributed by atoms with E-state index in [4.69, 9.17) is 9.47 Å². The Morgan fingerprint density at radius 1 is 0.894 bits per heavy atom. The van der Waals surface area contributed by atoms with Gasteiger partial charge in [-0.05, 0) is 75.3 Å². The first kappa shape index (κ1) is 33.7. The SMILES string of the molecule is COc1ccccc1C(=O)NC1CCN(C(=O)[C@H]2CC[C@@](C(=O)N(C)CC(=O)OC(C)(C)C)(c3ccccc3)c3ccccc32)CC1. The van der Waals surface area contributed by atoms with Crippen LogP contribution in [0.1, 0.15) is 79.4 Å². The number of esters is 1. The molecule has 9 heteroatoms. The van der Waals surface area contributed by atoms with Crippen LogP contribution in [0, 0.1) is 0 Å². The van der Waals surface area contributed by atoms with Crippen molar-refractivity contribution >= 4 is 23.7 Å². The van der Waals surface area contributed by atoms with Crippen molar-refractivity contribution in [2.24, 2.45) is 0 Å². The van der Waals surface area contributed by atoms with Crippen LogP contribution in [0.4, 0.5) is 0 Å². The first-order valence-electron chi connectivity index (χ1n) is 16.3. The summed E-state index contributed by atoms with van der Waals surface area (Å²) in [5.41, 5.74) is 1.19. The summed E-state index contributed by atoms with van der Waals surface area (Å²) in [6.45, 7) is 6.26. The lowest BCUT2D eigenvalue weighted by atomic mass is 9.62. The fourth-order valence-electron chi connectivity index (χ4n) is 6.99. The van der Waals surface area contributed by atoms with E-state index in [-0.39, 0.29) is 30.3 Å². The minimum Gasteiger partial charge on any atom is -0.496 e. The monoisotopic (exact) mass is 639 g/mol. The standard InChI is InChI=1S/C38H45N3O6/c1-37(2,3)47-33(42)25-40(4)36(45)38(26-13-7-6-8-14-26)22-19-29(28-15-9-11-17-31(28)38)35(44)41-23-20-27(21-24-41)39-34(43)30-16-10-12-18-32(30)46-5/h6-18,27,29H,19-25H2,1-5H3,(H,39,43)/t29-,38+/m0/s1. The number of hydrogen-bond acceptors (Lipinski definition) is 6. The number of ether oxygens (including phenoxy) is 2. The number of carbonyl (C=O) groups is 4. The molecule has 1 fully saturated rings. The maximum atomic E-state index is 14.5. The molecule has 1 saturated heterocycles. The van der Waals surface area contributed by atoms with E-state index in [9.17, 15) is 19.2 Å². The highest BCUT2D eigenvalue weighted by Gasteiger charge is 2.50. The predicted molar refractivity (Wildman–Crippen MR) is 179 cm³/mol. The number of rotatable bonds is 8. The van der Waals surface area contributed by atoms with Gasteiger partial charge in [-0.15, -0.1) is 0 Å². The molecule has 47 heavy (non-hydrogen) atoms. The van der Waals surface area contributed by atoms with Crippen molar-refractivity contribution in [2.75, 3.05) is 33.8 Å². The molecule has 248 valence electrons. The summed E-state index contributed by atoms with van der Waals surface area (Å²) < 4.78 is 10.9. The van der Waals surface area contributed by atoms with Gasteiger partial charge in [-0.25, -0.2) is 0 Å². The van der Waals surface area contributed by atoms with Crippen molar-refractivity contribution in [1.82, 2.24) is 15.1 Å². The van der Waals surface area contributed by atoms with Crippen LogP contribution >= 0.6 is 0 Å². The molecule has 5 rings (SSSR count). The average molecular weight is 640 g/mol. The van der Waals surface area contributed by atoms with Gasteiger partial charge in [-0.2, -0.15) is 0 Å². The molecule has 0 aromatic heterocycles. The quantitative estimate of drug-likeness (QED) is 0.345. The van der Waals surface area contributed by atoms with Crippen LogP contribution in [-0.2, 0) is 24.5 Å². The number of likely N-dealkylation sites (N-methyl/N-ethyl adjacent to an activating group) is 1. The Hall–Kier alpha value is -4.66. The number of fused-ring (bicyclic) bond motifs is 1. The Kier molecular flexibility index (Phi) is 10.0. The number of amides is 3. The number of hydrogen-bond donors (Lipinski definition) is 1. The highest BCUT2D eigenvalue weighted by Crippen LogP contribution is 2.48. The normalized spacial score (nSPS) is 19.7. The van der Waals surface area contributed by atoms with Gasteiger partial charge in [-0.3, -0.25) is 19.2 Å². The van der Waals surface area contributed by atoms with Gasteiger partial charge >= 0.3 is 5.97 Å². The molecule has 0 saturated carbocycles. The number of nitrogens with one attached hydrogen (secondary N) is 1. The van der Waals surface area contributed by atoms with Crippen LogP contribution < -0.4 is 10.1 Å². The molecule has 2 aliphatic rings. The van der Waals surface area contributed by atoms with E-state index in [1.165, 1.54) is 4.90 Å². The molecule has 3 amide bonds. The maximum Gasteiger partial charge on any atom is 0.326 e. The molecule has 1 aliphatic heterocycles. The van der Waals surface area contributed by atoms with Gasteiger partial charge in [0.1, 0.15) is 17.9 Å². The fraction of sp³-hybridized carbons (Fsp3) is 0.421. The van der Waals surface area contributed by atoms with Crippen LogP contribution in [0.2, 0.25) is 0 Å². The predicted octanol–water partition coefficient (Wildman–Crippen LogP) is 5.08. The summed E-state index contributed by atoms with van der Waals surface area (Å²) in [5.74, 6) is -0.729. The van der Waals surface area contributed by atoms with Gasteiger partial charge in [0, 0.05) is 26.2 Å². The van der Waals surface area contributed by atoms with E-state index >= 15 is 0 Å². The van der Waals surface area contributed by atoms with E-state index in [0.29, 0.717) is 50.1 Å². The van der Waals surface area contributed by atoms with Crippen molar-refractivity contribution in [3.8, 4) is 5.75 Å². The van der Waals surface area contributed by atoms with Crippen LogP contribution in [0.15, 0.2) is 78.9 Å². The lowest BCUT2D eigenvalue weighted by Gasteiger charge is -2.44. The van der Waals surface area contributed by atoms with E-state index in [1.54, 1.807) is 53.1 Å². The highest BCUT2D eigenvalue weighted by molar-refractivity contribution is 5.97. The van der Waals surface area contributed by atoms with Crippen LogP contribution in [0.5, 0.6) is 5.75 Å². The second kappa shape index (κ2) is 14.0. The first-order valence-corrected chi connectivity index (χ1v) is 16.3. The number of nitrogens with zero attached hydrogens (tertiary/aromatic N) is 2. The van der Waals surface area contributed by atoms with Gasteiger partial charge in [0.25, 0.3) is 5.91 Å². The number of carbonyl (C=O) groups excluding carboxylic acids is 4. The number of benzene rings is 3. The largest absolute Gasteiger partial charge is 0.496 e. The molecule has 0 unspecified atom stereocenters. The highest BCUT2D eigenvalue weighted by atomic mass is 16.6. The molecule has 3 aromatic carbocycles. The molecule has 2 atom stereocenters. The number of piperidine rings is 1. The topological polar surface area (TPSA) is 105 Å². The minimum absolute atomic E-state index is 0.0307. The maximum absolute atomic E-state index is 14.5. The Balaban J connectivity index is 1.35. The Morgan fingerprint density at radius 2 is 1.53 bits per heavy atom. The lowest BCUT2D eigenvalue weighted by Crippen LogP contribution is -2.52. The van der Waals surface area contributed by atoms with E-state index < -0.39 is 22.9 Å². The third-order valence-corrected chi connectivity index (χ3v) is 9.16. The molecule has 1 aliphatic carbocycles. The molecule has 0 radical (unpaired) electrons. The third-order valence-electron chi connectivity index (χ3n) is 9.16. The Bertz CT molecular complexity index is 1610. The van der Waals surface area contributed by atoms with Gasteiger partial charge in [-0.1, -0.05) is 66.7 Å². The molecule has 1 N–H and O–H groups in total. The van der Waals surface area contributed by atoms with Crippen molar-refractivity contribution in [3.05, 3.63) is 101 Å². The van der Waals surface area contributed by atoms with Crippen molar-refractivity contribution in [2.45, 2.75) is 69.4 Å². The first-order chi connectivity index (χ1) is 22.4. The van der Waals surface area contributed by atoms with Crippen LogP contribution in [0.25, 0.3) is 0 Å². The summed E-state index contributed by atoms with van der Waals surface area (Å²) in [5, 5.41) is 3.11. The van der Waals surface area contributed by atoms with E-state index in [1.807, 2.05) is 65.6 Å². The zero-order chi connectivity index (χ0) is 33.8. The molecule has 0 spiro atoms. The minimum atomic E-state index is -1.07. The Morgan fingerprint density at radius 3 is 2.21 bits per heavy atom. The summed E-state index contributed by atoms with van der Waals surface area (Å²) in [7, 11) is 3.18. The van der Waals surface area contributed by atoms with Crippen molar-refractivity contribution in [3.63, 3.8) is 0 Å². The average Bonchev–Trinajstić information content (AvgIpc) is 3.07. The number of methoxy groups -OCH3 is 1. The second-order valence-electron chi connectivity index (χ2n) is 13.5. The van der Waals surface area contributed by atoms with Crippen LogP contribution in [0.3, 0.4) is 0 Å². The molecule has 9 nitrogen and oxygen atoms in total. The zero-order valence-electron chi connectivity index (χ0n) is 28.0. The van der Waals surface area contributed by atoms with E-state index in [2.05, 4.69) is 5.32 Å². The van der Waals surface area contributed by atoms with E-state index in [0.717, 1.165) is 16.7 Å². The van der Waals surface area contributed by atoms with Gasteiger partial charge in [0.05, 0.1) is 24.0 Å². The smallest absolute Gasteiger partial charge is 0.326 e. The third kappa shape index (κ3) is 7.19. The lowest BCUT2D eigenvalue weighted by molar-refractivity contribution is -0.159. The fourth-order valence-corrected chi connectivity index (χ4v) is 6.99. The molecular weight excluding hydrogens is 594 g/mol. The summed E-state index contributed by atoms with van der Waals surface area (Å²) >= 11 is 0. The van der Waals surface area contributed by atoms with Crippen LogP contribution in [-0.4, -0.2) is 78.9 Å². The van der Waals surface area contributed by atoms with Crippen molar-refractivity contribution in [1.29, 1.82) is 0 Å². The summed E-state index contributed by atoms with van der Waals surface area (Å²) in [6, 6.07) is 24.4. The van der Waals surface area contributed by atoms with Gasteiger partial charge in [0.15, 0.2) is 0 Å². The number of para-hydroxylation sites is 1.